The fourth-order valence-corrected chi connectivity index (χ4v) is 3.64. The Kier molecular flexibility index (Phi) is 5.12. The van der Waals surface area contributed by atoms with Crippen LogP contribution in [0.5, 0.6) is 0 Å². The van der Waals surface area contributed by atoms with Crippen LogP contribution in [0.4, 0.5) is 11.4 Å². The van der Waals surface area contributed by atoms with E-state index in [4.69, 9.17) is 0 Å². The van der Waals surface area contributed by atoms with Crippen LogP contribution in [0.1, 0.15) is 44.0 Å². The minimum atomic E-state index is -0.255. The number of amides is 2. The van der Waals surface area contributed by atoms with E-state index in [0.717, 1.165) is 40.9 Å². The predicted octanol–water partition coefficient (Wildman–Crippen LogP) is 4.54. The fraction of sp³-hybridized carbons (Fsp3) is 0.208. The van der Waals surface area contributed by atoms with E-state index in [1.165, 1.54) is 6.20 Å². The van der Waals surface area contributed by atoms with E-state index in [-0.39, 0.29) is 17.5 Å². The number of nitrogens with zero attached hydrogens (tertiary/aromatic N) is 2. The number of hydrogen-bond acceptors (Lipinski definition) is 3. The summed E-state index contributed by atoms with van der Waals surface area (Å²) in [6, 6.07) is 17.0. The SMILES string of the molecule is Cc1ccc(C)c(NC(=O)c2ccnc(C(=O)N3CCCc4ccccc43)c2)c1. The van der Waals surface area contributed by atoms with Crippen LogP contribution in [-0.4, -0.2) is 23.3 Å². The van der Waals surface area contributed by atoms with Gasteiger partial charge in [0, 0.05) is 29.7 Å². The molecule has 0 aliphatic carbocycles. The molecule has 0 bridgehead atoms. The van der Waals surface area contributed by atoms with E-state index in [1.54, 1.807) is 17.0 Å². The number of carbonyl (C=O) groups excluding carboxylic acids is 2. The number of carbonyl (C=O) groups is 2. The summed E-state index contributed by atoms with van der Waals surface area (Å²) in [4.78, 5) is 31.9. The molecule has 0 saturated heterocycles. The second-order valence-electron chi connectivity index (χ2n) is 7.39. The summed E-state index contributed by atoms with van der Waals surface area (Å²) in [7, 11) is 0. The third kappa shape index (κ3) is 3.90. The quantitative estimate of drug-likeness (QED) is 0.720. The minimum Gasteiger partial charge on any atom is -0.322 e. The Morgan fingerprint density at radius 1 is 1.03 bits per heavy atom. The Morgan fingerprint density at radius 2 is 1.86 bits per heavy atom. The molecule has 1 aliphatic rings. The molecule has 4 rings (SSSR count). The van der Waals surface area contributed by atoms with Crippen molar-refractivity contribution in [3.05, 3.63) is 88.7 Å². The monoisotopic (exact) mass is 385 g/mol. The van der Waals surface area contributed by atoms with Crippen LogP contribution in [0.25, 0.3) is 0 Å². The summed E-state index contributed by atoms with van der Waals surface area (Å²) in [5.41, 5.74) is 5.60. The average Bonchev–Trinajstić information content (AvgIpc) is 2.75. The number of aryl methyl sites for hydroxylation is 3. The van der Waals surface area contributed by atoms with Crippen molar-refractivity contribution in [1.82, 2.24) is 4.98 Å². The van der Waals surface area contributed by atoms with E-state index >= 15 is 0 Å². The average molecular weight is 385 g/mol. The lowest BCUT2D eigenvalue weighted by molar-refractivity contribution is 0.0980. The number of aromatic nitrogens is 1. The first-order valence-corrected chi connectivity index (χ1v) is 9.77. The van der Waals surface area contributed by atoms with Gasteiger partial charge in [-0.05, 0) is 67.6 Å². The molecule has 2 heterocycles. The summed E-state index contributed by atoms with van der Waals surface area (Å²) in [5.74, 6) is -0.437. The van der Waals surface area contributed by atoms with E-state index in [9.17, 15) is 9.59 Å². The molecule has 29 heavy (non-hydrogen) atoms. The molecule has 2 aromatic carbocycles. The molecule has 0 radical (unpaired) electrons. The van der Waals surface area contributed by atoms with Crippen molar-refractivity contribution < 1.29 is 9.59 Å². The molecule has 3 aromatic rings. The molecule has 0 saturated carbocycles. The van der Waals surface area contributed by atoms with Crippen molar-refractivity contribution in [2.75, 3.05) is 16.8 Å². The first-order valence-electron chi connectivity index (χ1n) is 9.77. The maximum Gasteiger partial charge on any atom is 0.276 e. The number of rotatable bonds is 3. The van der Waals surface area contributed by atoms with Gasteiger partial charge in [-0.1, -0.05) is 30.3 Å². The van der Waals surface area contributed by atoms with Crippen molar-refractivity contribution in [3.63, 3.8) is 0 Å². The standard InChI is InChI=1S/C24H23N3O2/c1-16-9-10-17(2)20(14-16)26-23(28)19-11-12-25-21(15-19)24(29)27-13-5-7-18-6-3-4-8-22(18)27/h3-4,6,8-12,14-15H,5,7,13H2,1-2H3,(H,26,28). The van der Waals surface area contributed by atoms with Gasteiger partial charge in [-0.2, -0.15) is 0 Å². The number of anilines is 2. The van der Waals surface area contributed by atoms with Crippen LogP contribution in [0.2, 0.25) is 0 Å². The first-order chi connectivity index (χ1) is 14.0. The fourth-order valence-electron chi connectivity index (χ4n) is 3.64. The van der Waals surface area contributed by atoms with Crippen molar-refractivity contribution in [1.29, 1.82) is 0 Å². The molecule has 0 atom stereocenters. The van der Waals surface area contributed by atoms with Gasteiger partial charge in [0.25, 0.3) is 11.8 Å². The highest BCUT2D eigenvalue weighted by Crippen LogP contribution is 2.28. The summed E-state index contributed by atoms with van der Waals surface area (Å²) >= 11 is 0. The molecule has 1 aliphatic heterocycles. The number of pyridine rings is 1. The second kappa shape index (κ2) is 7.87. The zero-order valence-electron chi connectivity index (χ0n) is 16.6. The topological polar surface area (TPSA) is 62.3 Å². The van der Waals surface area contributed by atoms with Crippen LogP contribution in [0, 0.1) is 13.8 Å². The van der Waals surface area contributed by atoms with Gasteiger partial charge in [-0.3, -0.25) is 14.6 Å². The van der Waals surface area contributed by atoms with E-state index in [0.29, 0.717) is 12.1 Å². The smallest absolute Gasteiger partial charge is 0.276 e. The van der Waals surface area contributed by atoms with Gasteiger partial charge >= 0.3 is 0 Å². The lowest BCUT2D eigenvalue weighted by Crippen LogP contribution is -2.36. The number of para-hydroxylation sites is 1. The van der Waals surface area contributed by atoms with Gasteiger partial charge in [0.2, 0.25) is 0 Å². The van der Waals surface area contributed by atoms with E-state index in [2.05, 4.69) is 16.4 Å². The Balaban J connectivity index is 1.58. The molecule has 5 nitrogen and oxygen atoms in total. The molecule has 2 amide bonds. The molecule has 1 aromatic heterocycles. The first kappa shape index (κ1) is 18.9. The van der Waals surface area contributed by atoms with Gasteiger partial charge in [0.05, 0.1) is 0 Å². The van der Waals surface area contributed by atoms with Gasteiger partial charge in [0.15, 0.2) is 0 Å². The predicted molar refractivity (Wildman–Crippen MR) is 115 cm³/mol. The van der Waals surface area contributed by atoms with Gasteiger partial charge in [-0.25, -0.2) is 0 Å². The van der Waals surface area contributed by atoms with Gasteiger partial charge in [-0.15, -0.1) is 0 Å². The molecule has 1 N–H and O–H groups in total. The van der Waals surface area contributed by atoms with Gasteiger partial charge < -0.3 is 10.2 Å². The third-order valence-electron chi connectivity index (χ3n) is 5.24. The largest absolute Gasteiger partial charge is 0.322 e. The highest BCUT2D eigenvalue weighted by molar-refractivity contribution is 6.09. The molecule has 5 heteroatoms. The van der Waals surface area contributed by atoms with Crippen LogP contribution < -0.4 is 10.2 Å². The third-order valence-corrected chi connectivity index (χ3v) is 5.24. The number of fused-ring (bicyclic) bond motifs is 1. The van der Waals surface area contributed by atoms with Gasteiger partial charge in [0.1, 0.15) is 5.69 Å². The maximum absolute atomic E-state index is 13.1. The summed E-state index contributed by atoms with van der Waals surface area (Å²) in [5, 5.41) is 2.94. The zero-order valence-corrected chi connectivity index (χ0v) is 16.6. The van der Waals surface area contributed by atoms with Crippen LogP contribution in [0.15, 0.2) is 60.8 Å². The number of benzene rings is 2. The number of nitrogens with one attached hydrogen (secondary N) is 1. The molecule has 0 spiro atoms. The zero-order chi connectivity index (χ0) is 20.4. The maximum atomic E-state index is 13.1. The van der Waals surface area contributed by atoms with Crippen LogP contribution >= 0.6 is 0 Å². The van der Waals surface area contributed by atoms with E-state index < -0.39 is 0 Å². The van der Waals surface area contributed by atoms with Crippen molar-refractivity contribution in [2.45, 2.75) is 26.7 Å². The molecule has 0 fully saturated rings. The molecule has 0 unspecified atom stereocenters. The minimum absolute atomic E-state index is 0.182. The molecule has 146 valence electrons. The lowest BCUT2D eigenvalue weighted by Gasteiger charge is -2.29. The Labute approximate surface area is 170 Å². The molecular formula is C24H23N3O2. The van der Waals surface area contributed by atoms with Crippen molar-refractivity contribution >= 4 is 23.2 Å². The second-order valence-corrected chi connectivity index (χ2v) is 7.39. The normalized spacial score (nSPS) is 13.0. The highest BCUT2D eigenvalue weighted by atomic mass is 16.2. The van der Waals surface area contributed by atoms with Crippen LogP contribution in [0.3, 0.4) is 0 Å². The van der Waals surface area contributed by atoms with Crippen LogP contribution in [-0.2, 0) is 6.42 Å². The Bertz CT molecular complexity index is 1090. The summed E-state index contributed by atoms with van der Waals surface area (Å²) in [6.07, 6.45) is 3.39. The van der Waals surface area contributed by atoms with Crippen molar-refractivity contribution in [2.24, 2.45) is 0 Å². The van der Waals surface area contributed by atoms with Crippen molar-refractivity contribution in [3.8, 4) is 0 Å². The summed E-state index contributed by atoms with van der Waals surface area (Å²) < 4.78 is 0. The highest BCUT2D eigenvalue weighted by Gasteiger charge is 2.24. The Morgan fingerprint density at radius 3 is 2.72 bits per heavy atom. The lowest BCUT2D eigenvalue weighted by atomic mass is 10.0. The molecular weight excluding hydrogens is 362 g/mol. The summed E-state index contributed by atoms with van der Waals surface area (Å²) in [6.45, 7) is 4.58. The Hall–Kier alpha value is -3.47. The number of hydrogen-bond donors (Lipinski definition) is 1. The van der Waals surface area contributed by atoms with E-state index in [1.807, 2.05) is 50.2 Å².